The molecular formula is C12H26O. The highest BCUT2D eigenvalue weighted by Crippen LogP contribution is 2.15. The van der Waals surface area contributed by atoms with Crippen LogP contribution in [0, 0.1) is 11.8 Å². The molecule has 1 atom stereocenters. The average Bonchev–Trinajstić information content (AvgIpc) is 2.16. The monoisotopic (exact) mass is 186 g/mol. The van der Waals surface area contributed by atoms with E-state index in [2.05, 4.69) is 33.8 Å². The van der Waals surface area contributed by atoms with E-state index in [0.29, 0.717) is 11.8 Å². The van der Waals surface area contributed by atoms with Crippen LogP contribution in [0.15, 0.2) is 11.8 Å². The van der Waals surface area contributed by atoms with Gasteiger partial charge in [-0.05, 0) is 17.9 Å². The SMILES string of the molecule is CC.CC/C(=C/C(C)C(C)C)OC. The molecule has 0 radical (unpaired) electrons. The summed E-state index contributed by atoms with van der Waals surface area (Å²) in [5.74, 6) is 2.42. The number of allylic oxidation sites excluding steroid dienone is 2. The summed E-state index contributed by atoms with van der Waals surface area (Å²) in [5.41, 5.74) is 0. The molecule has 1 heteroatoms. The second kappa shape index (κ2) is 9.63. The zero-order valence-electron chi connectivity index (χ0n) is 10.3. The van der Waals surface area contributed by atoms with Gasteiger partial charge in [-0.3, -0.25) is 0 Å². The van der Waals surface area contributed by atoms with Crippen LogP contribution < -0.4 is 0 Å². The molecule has 0 aliphatic carbocycles. The van der Waals surface area contributed by atoms with Gasteiger partial charge in [-0.25, -0.2) is 0 Å². The van der Waals surface area contributed by atoms with Gasteiger partial charge in [0.15, 0.2) is 0 Å². The van der Waals surface area contributed by atoms with Gasteiger partial charge in [0, 0.05) is 6.42 Å². The van der Waals surface area contributed by atoms with Gasteiger partial charge in [0.25, 0.3) is 0 Å². The molecule has 0 bridgehead atoms. The van der Waals surface area contributed by atoms with Gasteiger partial charge in [-0.15, -0.1) is 0 Å². The average molecular weight is 186 g/mol. The van der Waals surface area contributed by atoms with Crippen molar-refractivity contribution in [3.8, 4) is 0 Å². The number of hydrogen-bond acceptors (Lipinski definition) is 1. The first kappa shape index (κ1) is 15.0. The van der Waals surface area contributed by atoms with Crippen LogP contribution in [0.25, 0.3) is 0 Å². The normalized spacial score (nSPS) is 13.4. The minimum atomic E-state index is 0.616. The summed E-state index contributed by atoms with van der Waals surface area (Å²) in [6.07, 6.45) is 3.21. The van der Waals surface area contributed by atoms with Gasteiger partial charge in [0.1, 0.15) is 0 Å². The molecule has 0 fully saturated rings. The van der Waals surface area contributed by atoms with Crippen molar-refractivity contribution in [1.29, 1.82) is 0 Å². The molecule has 0 saturated carbocycles. The Balaban J connectivity index is 0. The fourth-order valence-corrected chi connectivity index (χ4v) is 0.816. The van der Waals surface area contributed by atoms with E-state index in [1.807, 2.05) is 13.8 Å². The number of methoxy groups -OCH3 is 1. The van der Waals surface area contributed by atoms with Crippen molar-refractivity contribution in [3.05, 3.63) is 11.8 Å². The highest BCUT2D eigenvalue weighted by Gasteiger charge is 2.04. The van der Waals surface area contributed by atoms with Gasteiger partial charge < -0.3 is 4.74 Å². The Morgan fingerprint density at radius 1 is 1.23 bits per heavy atom. The summed E-state index contributed by atoms with van der Waals surface area (Å²) in [7, 11) is 1.74. The van der Waals surface area contributed by atoms with Crippen molar-refractivity contribution in [2.75, 3.05) is 7.11 Å². The Morgan fingerprint density at radius 3 is 1.92 bits per heavy atom. The maximum Gasteiger partial charge on any atom is 0.0915 e. The van der Waals surface area contributed by atoms with E-state index < -0.39 is 0 Å². The summed E-state index contributed by atoms with van der Waals surface area (Å²) in [5, 5.41) is 0. The van der Waals surface area contributed by atoms with E-state index in [9.17, 15) is 0 Å². The molecule has 0 aliphatic heterocycles. The quantitative estimate of drug-likeness (QED) is 0.596. The molecule has 0 aromatic carbocycles. The summed E-state index contributed by atoms with van der Waals surface area (Å²) < 4.78 is 5.18. The molecule has 13 heavy (non-hydrogen) atoms. The van der Waals surface area contributed by atoms with Crippen LogP contribution in [-0.4, -0.2) is 7.11 Å². The lowest BCUT2D eigenvalue weighted by molar-refractivity contribution is 0.274. The molecule has 0 aromatic heterocycles. The minimum absolute atomic E-state index is 0.616. The van der Waals surface area contributed by atoms with Crippen molar-refractivity contribution < 1.29 is 4.74 Å². The first-order valence-electron chi connectivity index (χ1n) is 5.36. The van der Waals surface area contributed by atoms with Gasteiger partial charge in [0.05, 0.1) is 12.9 Å². The van der Waals surface area contributed by atoms with E-state index in [1.54, 1.807) is 7.11 Å². The third-order valence-corrected chi connectivity index (χ3v) is 2.11. The Bertz CT molecular complexity index is 119. The third kappa shape index (κ3) is 7.89. The third-order valence-electron chi connectivity index (χ3n) is 2.11. The fourth-order valence-electron chi connectivity index (χ4n) is 0.816. The fraction of sp³-hybridized carbons (Fsp3) is 0.833. The lowest BCUT2D eigenvalue weighted by Gasteiger charge is -2.12. The first-order chi connectivity index (χ1) is 6.11. The molecule has 0 rings (SSSR count). The lowest BCUT2D eigenvalue weighted by Crippen LogP contribution is -2.01. The zero-order chi connectivity index (χ0) is 10.9. The van der Waals surface area contributed by atoms with Gasteiger partial charge in [-0.1, -0.05) is 41.5 Å². The van der Waals surface area contributed by atoms with Crippen LogP contribution in [0.2, 0.25) is 0 Å². The van der Waals surface area contributed by atoms with Crippen LogP contribution in [0.4, 0.5) is 0 Å². The van der Waals surface area contributed by atoms with E-state index in [4.69, 9.17) is 4.74 Å². The minimum Gasteiger partial charge on any atom is -0.501 e. The summed E-state index contributed by atoms with van der Waals surface area (Å²) in [4.78, 5) is 0. The van der Waals surface area contributed by atoms with Crippen LogP contribution in [0.1, 0.15) is 48.0 Å². The molecule has 0 saturated heterocycles. The predicted molar refractivity (Wildman–Crippen MR) is 60.7 cm³/mol. The van der Waals surface area contributed by atoms with Crippen molar-refractivity contribution in [1.82, 2.24) is 0 Å². The maximum absolute atomic E-state index is 5.18. The molecular weight excluding hydrogens is 160 g/mol. The highest BCUT2D eigenvalue weighted by atomic mass is 16.5. The van der Waals surface area contributed by atoms with Gasteiger partial charge in [0.2, 0.25) is 0 Å². The van der Waals surface area contributed by atoms with Gasteiger partial charge >= 0.3 is 0 Å². The summed E-state index contributed by atoms with van der Waals surface area (Å²) >= 11 is 0. The zero-order valence-corrected chi connectivity index (χ0v) is 10.3. The second-order valence-corrected chi connectivity index (χ2v) is 3.29. The molecule has 0 amide bonds. The summed E-state index contributed by atoms with van der Waals surface area (Å²) in [6, 6.07) is 0. The standard InChI is InChI=1S/C10H20O.C2H6/c1-6-10(11-5)7-9(4)8(2)3;1-2/h7-9H,6H2,1-5H3;1-2H3/b10-7-;. The molecule has 1 nitrogen and oxygen atoms in total. The Hall–Kier alpha value is -0.460. The van der Waals surface area contributed by atoms with Crippen molar-refractivity contribution >= 4 is 0 Å². The van der Waals surface area contributed by atoms with Crippen LogP contribution >= 0.6 is 0 Å². The van der Waals surface area contributed by atoms with E-state index >= 15 is 0 Å². The number of ether oxygens (including phenoxy) is 1. The van der Waals surface area contributed by atoms with Crippen molar-refractivity contribution in [2.45, 2.75) is 48.0 Å². The van der Waals surface area contributed by atoms with E-state index in [0.717, 1.165) is 12.2 Å². The van der Waals surface area contributed by atoms with E-state index in [-0.39, 0.29) is 0 Å². The predicted octanol–water partition coefficient (Wildman–Crippen LogP) is 4.25. The van der Waals surface area contributed by atoms with E-state index in [1.165, 1.54) is 0 Å². The maximum atomic E-state index is 5.18. The Morgan fingerprint density at radius 2 is 1.69 bits per heavy atom. The van der Waals surface area contributed by atoms with Crippen molar-refractivity contribution in [2.24, 2.45) is 11.8 Å². The molecule has 80 valence electrons. The lowest BCUT2D eigenvalue weighted by atomic mass is 9.97. The van der Waals surface area contributed by atoms with Crippen LogP contribution in [0.3, 0.4) is 0 Å². The molecule has 1 unspecified atom stereocenters. The Labute approximate surface area is 84.2 Å². The van der Waals surface area contributed by atoms with Gasteiger partial charge in [-0.2, -0.15) is 0 Å². The molecule has 0 aromatic rings. The number of hydrogen-bond donors (Lipinski definition) is 0. The van der Waals surface area contributed by atoms with Crippen LogP contribution in [0.5, 0.6) is 0 Å². The van der Waals surface area contributed by atoms with Crippen molar-refractivity contribution in [3.63, 3.8) is 0 Å². The summed E-state index contributed by atoms with van der Waals surface area (Å²) in [6.45, 7) is 12.8. The number of rotatable bonds is 4. The highest BCUT2D eigenvalue weighted by molar-refractivity contribution is 4.95. The topological polar surface area (TPSA) is 9.23 Å². The largest absolute Gasteiger partial charge is 0.501 e. The second-order valence-electron chi connectivity index (χ2n) is 3.29. The first-order valence-corrected chi connectivity index (χ1v) is 5.36. The molecule has 0 N–H and O–H groups in total. The molecule has 0 heterocycles. The Kier molecular flexibility index (Phi) is 11.1. The molecule has 0 aliphatic rings. The smallest absolute Gasteiger partial charge is 0.0915 e. The molecule has 0 spiro atoms. The van der Waals surface area contributed by atoms with Crippen LogP contribution in [-0.2, 0) is 4.74 Å².